The molecule has 1 N–H and O–H groups in total. The second-order valence-electron chi connectivity index (χ2n) is 17.1. The molecule has 1 aromatic heterocycles. The summed E-state index contributed by atoms with van der Waals surface area (Å²) < 4.78 is 13.9. The number of hydrogen-bond acceptors (Lipinski definition) is 4. The maximum absolute atomic E-state index is 7.12. The predicted octanol–water partition coefficient (Wildman–Crippen LogP) is 15.2. The molecule has 286 valence electrons. The molecule has 1 spiro atoms. The number of nitrogens with zero attached hydrogens (tertiary/aromatic N) is 1. The van der Waals surface area contributed by atoms with Crippen LogP contribution in [0.4, 0.5) is 28.4 Å². The molecule has 4 nitrogen and oxygen atoms in total. The SMILES string of the molecule is Cc1ccccc1Nc1ccc2c(c1)C1(c3ccccc3Oc3ccccc31)c1cc(N(c3ccc(C(C)(C)C)cc3)c3ccccc3C)c3oc4ccccc4c3c1-2. The van der Waals surface area contributed by atoms with Crippen molar-refractivity contribution in [1.29, 1.82) is 0 Å². The summed E-state index contributed by atoms with van der Waals surface area (Å²) in [5.74, 6) is 1.71. The van der Waals surface area contributed by atoms with Crippen LogP contribution in [0.25, 0.3) is 33.1 Å². The third-order valence-electron chi connectivity index (χ3n) is 12.5. The zero-order chi connectivity index (χ0) is 40.0. The number of benzene rings is 8. The maximum Gasteiger partial charge on any atom is 0.160 e. The molecule has 59 heavy (non-hydrogen) atoms. The highest BCUT2D eigenvalue weighted by Gasteiger charge is 2.52. The van der Waals surface area contributed by atoms with Gasteiger partial charge in [0.25, 0.3) is 0 Å². The minimum Gasteiger partial charge on any atom is -0.457 e. The molecule has 2 heterocycles. The highest BCUT2D eigenvalue weighted by molar-refractivity contribution is 6.20. The van der Waals surface area contributed by atoms with Crippen LogP contribution in [-0.4, -0.2) is 0 Å². The first-order chi connectivity index (χ1) is 28.7. The second kappa shape index (κ2) is 13.0. The lowest BCUT2D eigenvalue weighted by Gasteiger charge is -2.40. The van der Waals surface area contributed by atoms with E-state index >= 15 is 0 Å². The first-order valence-electron chi connectivity index (χ1n) is 20.5. The number of nitrogens with one attached hydrogen (secondary N) is 1. The molecule has 0 bridgehead atoms. The summed E-state index contributed by atoms with van der Waals surface area (Å²) in [6, 6.07) is 61.3. The van der Waals surface area contributed by atoms with E-state index in [1.165, 1.54) is 38.9 Å². The van der Waals surface area contributed by atoms with E-state index in [4.69, 9.17) is 9.15 Å². The lowest BCUT2D eigenvalue weighted by Crippen LogP contribution is -2.32. The van der Waals surface area contributed by atoms with Gasteiger partial charge >= 0.3 is 0 Å². The molecule has 0 amide bonds. The first-order valence-corrected chi connectivity index (χ1v) is 20.5. The maximum atomic E-state index is 7.12. The third kappa shape index (κ3) is 5.22. The monoisotopic (exact) mass is 764 g/mol. The Labute approximate surface area is 345 Å². The van der Waals surface area contributed by atoms with Crippen molar-refractivity contribution in [1.82, 2.24) is 0 Å². The summed E-state index contributed by atoms with van der Waals surface area (Å²) in [6.45, 7) is 11.1. The predicted molar refractivity (Wildman–Crippen MR) is 244 cm³/mol. The van der Waals surface area contributed by atoms with E-state index in [1.54, 1.807) is 0 Å². The van der Waals surface area contributed by atoms with Crippen LogP contribution in [0.1, 0.15) is 59.7 Å². The van der Waals surface area contributed by atoms with Crippen molar-refractivity contribution in [2.24, 2.45) is 0 Å². The van der Waals surface area contributed by atoms with Gasteiger partial charge in [-0.3, -0.25) is 0 Å². The largest absolute Gasteiger partial charge is 0.457 e. The van der Waals surface area contributed by atoms with Gasteiger partial charge in [0, 0.05) is 44.6 Å². The van der Waals surface area contributed by atoms with Gasteiger partial charge in [-0.05, 0) is 119 Å². The van der Waals surface area contributed by atoms with Crippen LogP contribution in [0.15, 0.2) is 174 Å². The van der Waals surface area contributed by atoms with E-state index in [9.17, 15) is 0 Å². The van der Waals surface area contributed by atoms with Gasteiger partial charge in [0.05, 0.1) is 11.1 Å². The number of anilines is 5. The van der Waals surface area contributed by atoms with Crippen LogP contribution in [0.2, 0.25) is 0 Å². The molecular weight excluding hydrogens is 721 g/mol. The van der Waals surface area contributed by atoms with Crippen LogP contribution >= 0.6 is 0 Å². The third-order valence-corrected chi connectivity index (χ3v) is 12.5. The minimum atomic E-state index is -0.728. The van der Waals surface area contributed by atoms with E-state index in [0.29, 0.717) is 0 Å². The number of hydrogen-bond donors (Lipinski definition) is 1. The zero-order valence-electron chi connectivity index (χ0n) is 33.9. The van der Waals surface area contributed by atoms with Gasteiger partial charge in [-0.15, -0.1) is 0 Å². The molecule has 4 heteroatoms. The van der Waals surface area contributed by atoms with Crippen molar-refractivity contribution in [2.75, 3.05) is 10.2 Å². The molecule has 1 aliphatic carbocycles. The summed E-state index contributed by atoms with van der Waals surface area (Å²) >= 11 is 0. The molecular formula is C55H44N2O2. The number of fused-ring (bicyclic) bond motifs is 13. The van der Waals surface area contributed by atoms with Crippen LogP contribution in [0, 0.1) is 13.8 Å². The van der Waals surface area contributed by atoms with Crippen molar-refractivity contribution in [3.8, 4) is 22.6 Å². The fraction of sp³-hybridized carbons (Fsp3) is 0.127. The number of aryl methyl sites for hydroxylation is 2. The van der Waals surface area contributed by atoms with Gasteiger partial charge in [0.1, 0.15) is 17.1 Å². The molecule has 0 fully saturated rings. The zero-order valence-corrected chi connectivity index (χ0v) is 33.9. The molecule has 0 unspecified atom stereocenters. The van der Waals surface area contributed by atoms with Crippen LogP contribution in [0.5, 0.6) is 11.5 Å². The highest BCUT2D eigenvalue weighted by Crippen LogP contribution is 2.65. The van der Waals surface area contributed by atoms with Gasteiger partial charge in [-0.2, -0.15) is 0 Å². The highest BCUT2D eigenvalue weighted by atomic mass is 16.5. The molecule has 0 radical (unpaired) electrons. The van der Waals surface area contributed by atoms with Gasteiger partial charge in [0.15, 0.2) is 5.58 Å². The Hall–Kier alpha value is -7.04. The Morgan fingerprint density at radius 1 is 0.559 bits per heavy atom. The molecule has 0 saturated heterocycles. The van der Waals surface area contributed by atoms with Crippen molar-refractivity contribution in [3.63, 3.8) is 0 Å². The van der Waals surface area contributed by atoms with Crippen molar-refractivity contribution in [3.05, 3.63) is 209 Å². The smallest absolute Gasteiger partial charge is 0.160 e. The normalized spacial score (nSPS) is 13.4. The lowest BCUT2D eigenvalue weighted by atomic mass is 9.66. The van der Waals surface area contributed by atoms with Gasteiger partial charge < -0.3 is 19.4 Å². The van der Waals surface area contributed by atoms with E-state index < -0.39 is 5.41 Å². The van der Waals surface area contributed by atoms with E-state index in [1.807, 2.05) is 0 Å². The van der Waals surface area contributed by atoms with Crippen molar-refractivity contribution < 1.29 is 9.15 Å². The van der Waals surface area contributed by atoms with Gasteiger partial charge in [0.2, 0.25) is 0 Å². The first kappa shape index (κ1) is 35.1. The Bertz CT molecular complexity index is 3080. The minimum absolute atomic E-state index is 0.0144. The summed E-state index contributed by atoms with van der Waals surface area (Å²) in [6.07, 6.45) is 0. The molecule has 9 aromatic rings. The number of para-hydroxylation sites is 5. The Balaban J connectivity index is 1.29. The molecule has 8 aromatic carbocycles. The molecule has 0 saturated carbocycles. The van der Waals surface area contributed by atoms with Gasteiger partial charge in [-0.1, -0.05) is 130 Å². The number of ether oxygens (including phenoxy) is 1. The standard InChI is InChI=1S/C55H44N2O2/c1-34-16-6-11-21-45(34)56-37-28-31-39-43(32-37)55(41-19-9-14-24-49(41)58-50-25-15-10-20-42(50)55)44-33-47(53-52(51(39)44)40-18-8-13-23-48(40)59-53)57(46-22-12-7-17-35(46)2)38-29-26-36(27-30-38)54(3,4)5/h6-33,56H,1-5H3. The summed E-state index contributed by atoms with van der Waals surface area (Å²) in [5, 5.41) is 5.99. The molecule has 0 atom stereocenters. The average Bonchev–Trinajstić information content (AvgIpc) is 3.76. The Morgan fingerprint density at radius 3 is 1.92 bits per heavy atom. The fourth-order valence-corrected chi connectivity index (χ4v) is 9.70. The topological polar surface area (TPSA) is 37.6 Å². The van der Waals surface area contributed by atoms with Gasteiger partial charge in [-0.25, -0.2) is 0 Å². The van der Waals surface area contributed by atoms with E-state index in [2.05, 4.69) is 215 Å². The van der Waals surface area contributed by atoms with Crippen LogP contribution in [0.3, 0.4) is 0 Å². The number of furan rings is 1. The average molecular weight is 765 g/mol. The van der Waals surface area contributed by atoms with Crippen molar-refractivity contribution in [2.45, 2.75) is 45.4 Å². The molecule has 1 aliphatic heterocycles. The Kier molecular flexibility index (Phi) is 7.74. The van der Waals surface area contributed by atoms with E-state index in [0.717, 1.165) is 73.0 Å². The van der Waals surface area contributed by atoms with Crippen LogP contribution < -0.4 is 15.0 Å². The van der Waals surface area contributed by atoms with Crippen LogP contribution in [-0.2, 0) is 10.8 Å². The van der Waals surface area contributed by atoms with E-state index in [-0.39, 0.29) is 5.41 Å². The number of rotatable bonds is 5. The fourth-order valence-electron chi connectivity index (χ4n) is 9.70. The summed E-state index contributed by atoms with van der Waals surface area (Å²) in [5.41, 5.74) is 16.9. The molecule has 2 aliphatic rings. The Morgan fingerprint density at radius 2 is 1.20 bits per heavy atom. The quantitative estimate of drug-likeness (QED) is 0.189. The lowest BCUT2D eigenvalue weighted by molar-refractivity contribution is 0.436. The molecule has 11 rings (SSSR count). The van der Waals surface area contributed by atoms with Crippen molar-refractivity contribution >= 4 is 50.4 Å². The second-order valence-corrected chi connectivity index (χ2v) is 17.1. The summed E-state index contributed by atoms with van der Waals surface area (Å²) in [7, 11) is 0. The summed E-state index contributed by atoms with van der Waals surface area (Å²) in [4.78, 5) is 2.41.